The van der Waals surface area contributed by atoms with Crippen LogP contribution in [0.15, 0.2) is 12.3 Å². The molecule has 0 saturated carbocycles. The standard InChI is InChI=1S/C11H8Cl2FN3/c1-5-3-7(14)9(15-4-5)8-6(2)10(12)16-17-11(8)13/h3-4H,1-2H3. The quantitative estimate of drug-likeness (QED) is 0.796. The van der Waals surface area contributed by atoms with Crippen LogP contribution < -0.4 is 0 Å². The Balaban J connectivity index is 2.72. The maximum absolute atomic E-state index is 13.8. The van der Waals surface area contributed by atoms with Crippen molar-refractivity contribution in [3.05, 3.63) is 39.5 Å². The summed E-state index contributed by atoms with van der Waals surface area (Å²) in [5, 5.41) is 7.57. The lowest BCUT2D eigenvalue weighted by molar-refractivity contribution is 0.624. The molecule has 3 nitrogen and oxygen atoms in total. The summed E-state index contributed by atoms with van der Waals surface area (Å²) in [7, 11) is 0. The van der Waals surface area contributed by atoms with Crippen molar-refractivity contribution in [2.45, 2.75) is 13.8 Å². The minimum Gasteiger partial charge on any atom is -0.253 e. The third-order valence-electron chi connectivity index (χ3n) is 2.33. The zero-order chi connectivity index (χ0) is 12.6. The Labute approximate surface area is 108 Å². The highest BCUT2D eigenvalue weighted by Crippen LogP contribution is 2.32. The average Bonchev–Trinajstić information content (AvgIpc) is 2.27. The topological polar surface area (TPSA) is 38.7 Å². The predicted molar refractivity (Wildman–Crippen MR) is 64.7 cm³/mol. The van der Waals surface area contributed by atoms with Crippen molar-refractivity contribution in [3.63, 3.8) is 0 Å². The first-order valence-electron chi connectivity index (χ1n) is 4.81. The largest absolute Gasteiger partial charge is 0.253 e. The number of aryl methyl sites for hydroxylation is 1. The Morgan fingerprint density at radius 3 is 2.41 bits per heavy atom. The van der Waals surface area contributed by atoms with Gasteiger partial charge in [-0.05, 0) is 25.5 Å². The lowest BCUT2D eigenvalue weighted by Gasteiger charge is -2.08. The second-order valence-corrected chi connectivity index (χ2v) is 4.34. The summed E-state index contributed by atoms with van der Waals surface area (Å²) in [6.07, 6.45) is 1.56. The van der Waals surface area contributed by atoms with Gasteiger partial charge in [-0.2, -0.15) is 0 Å². The van der Waals surface area contributed by atoms with Gasteiger partial charge in [0.05, 0.1) is 0 Å². The number of hydrogen-bond donors (Lipinski definition) is 0. The minimum absolute atomic E-state index is 0.0853. The van der Waals surface area contributed by atoms with Crippen LogP contribution in [0.25, 0.3) is 11.3 Å². The van der Waals surface area contributed by atoms with Crippen LogP contribution in [0, 0.1) is 19.7 Å². The van der Waals surface area contributed by atoms with Crippen LogP contribution in [0.1, 0.15) is 11.1 Å². The van der Waals surface area contributed by atoms with Gasteiger partial charge in [0.1, 0.15) is 11.5 Å². The summed E-state index contributed by atoms with van der Waals surface area (Å²) < 4.78 is 13.8. The molecule has 0 atom stereocenters. The Morgan fingerprint density at radius 2 is 1.76 bits per heavy atom. The molecule has 0 aliphatic heterocycles. The van der Waals surface area contributed by atoms with Gasteiger partial charge in [-0.25, -0.2) is 4.39 Å². The molecule has 0 unspecified atom stereocenters. The minimum atomic E-state index is -0.459. The molecular weight excluding hydrogens is 264 g/mol. The van der Waals surface area contributed by atoms with Gasteiger partial charge < -0.3 is 0 Å². The highest BCUT2D eigenvalue weighted by atomic mass is 35.5. The summed E-state index contributed by atoms with van der Waals surface area (Å²) in [5.74, 6) is -0.459. The molecule has 88 valence electrons. The normalized spacial score (nSPS) is 10.6. The van der Waals surface area contributed by atoms with E-state index in [1.54, 1.807) is 20.0 Å². The molecule has 0 aliphatic carbocycles. The van der Waals surface area contributed by atoms with E-state index in [0.717, 1.165) is 5.56 Å². The molecule has 0 fully saturated rings. The van der Waals surface area contributed by atoms with E-state index in [1.807, 2.05) is 0 Å². The van der Waals surface area contributed by atoms with E-state index in [-0.39, 0.29) is 16.0 Å². The van der Waals surface area contributed by atoms with Crippen molar-refractivity contribution in [1.29, 1.82) is 0 Å². The van der Waals surface area contributed by atoms with Crippen LogP contribution in [0.3, 0.4) is 0 Å². The molecule has 2 aromatic heterocycles. The van der Waals surface area contributed by atoms with Crippen molar-refractivity contribution in [3.8, 4) is 11.3 Å². The van der Waals surface area contributed by atoms with Gasteiger partial charge in [0.2, 0.25) is 0 Å². The molecule has 2 aromatic rings. The fourth-order valence-electron chi connectivity index (χ4n) is 1.46. The Bertz CT molecular complexity index is 587. The van der Waals surface area contributed by atoms with E-state index in [4.69, 9.17) is 23.2 Å². The first kappa shape index (κ1) is 12.2. The molecule has 0 amide bonds. The van der Waals surface area contributed by atoms with E-state index in [1.165, 1.54) is 6.07 Å². The van der Waals surface area contributed by atoms with Gasteiger partial charge in [0.25, 0.3) is 0 Å². The average molecular weight is 272 g/mol. The number of rotatable bonds is 1. The maximum atomic E-state index is 13.8. The van der Waals surface area contributed by atoms with Crippen LogP contribution in [0.4, 0.5) is 4.39 Å². The predicted octanol–water partition coefficient (Wildman–Crippen LogP) is 3.60. The fraction of sp³-hybridized carbons (Fsp3) is 0.182. The molecule has 0 spiro atoms. The molecule has 0 N–H and O–H groups in total. The SMILES string of the molecule is Cc1cnc(-c2c(Cl)nnc(Cl)c2C)c(F)c1. The second-order valence-electron chi connectivity index (χ2n) is 3.62. The van der Waals surface area contributed by atoms with Crippen molar-refractivity contribution in [2.75, 3.05) is 0 Å². The Hall–Kier alpha value is -1.26. The lowest BCUT2D eigenvalue weighted by Crippen LogP contribution is -1.98. The molecular formula is C11H8Cl2FN3. The molecule has 0 radical (unpaired) electrons. The third kappa shape index (κ3) is 2.23. The smallest absolute Gasteiger partial charge is 0.161 e. The molecule has 0 aromatic carbocycles. The maximum Gasteiger partial charge on any atom is 0.161 e. The molecule has 17 heavy (non-hydrogen) atoms. The van der Waals surface area contributed by atoms with E-state index < -0.39 is 5.82 Å². The fourth-order valence-corrected chi connectivity index (χ4v) is 1.86. The van der Waals surface area contributed by atoms with Gasteiger partial charge in [0.15, 0.2) is 10.3 Å². The molecule has 0 bridgehead atoms. The highest BCUT2D eigenvalue weighted by Gasteiger charge is 2.17. The lowest BCUT2D eigenvalue weighted by atomic mass is 10.1. The zero-order valence-corrected chi connectivity index (χ0v) is 10.6. The first-order chi connectivity index (χ1) is 8.00. The second kappa shape index (κ2) is 4.55. The highest BCUT2D eigenvalue weighted by molar-refractivity contribution is 6.34. The summed E-state index contributed by atoms with van der Waals surface area (Å²) in [5.41, 5.74) is 1.80. The van der Waals surface area contributed by atoms with Crippen LogP contribution >= 0.6 is 23.2 Å². The van der Waals surface area contributed by atoms with Crippen molar-refractivity contribution in [1.82, 2.24) is 15.2 Å². The van der Waals surface area contributed by atoms with Gasteiger partial charge in [-0.15, -0.1) is 10.2 Å². The third-order valence-corrected chi connectivity index (χ3v) is 2.95. The van der Waals surface area contributed by atoms with E-state index in [9.17, 15) is 4.39 Å². The molecule has 6 heteroatoms. The molecule has 2 heterocycles. The summed E-state index contributed by atoms with van der Waals surface area (Å²) in [6.45, 7) is 3.45. The summed E-state index contributed by atoms with van der Waals surface area (Å²) >= 11 is 11.7. The zero-order valence-electron chi connectivity index (χ0n) is 9.13. The van der Waals surface area contributed by atoms with Gasteiger partial charge in [0, 0.05) is 17.3 Å². The number of pyridine rings is 1. The molecule has 2 rings (SSSR count). The Kier molecular flexibility index (Phi) is 3.26. The number of hydrogen-bond acceptors (Lipinski definition) is 3. The molecule has 0 aliphatic rings. The van der Waals surface area contributed by atoms with Gasteiger partial charge in [-0.3, -0.25) is 4.98 Å². The van der Waals surface area contributed by atoms with Crippen LogP contribution in [0.5, 0.6) is 0 Å². The van der Waals surface area contributed by atoms with Crippen LogP contribution in [-0.2, 0) is 0 Å². The van der Waals surface area contributed by atoms with E-state index >= 15 is 0 Å². The first-order valence-corrected chi connectivity index (χ1v) is 5.57. The van der Waals surface area contributed by atoms with Gasteiger partial charge in [-0.1, -0.05) is 23.2 Å². The van der Waals surface area contributed by atoms with Crippen LogP contribution in [0.2, 0.25) is 10.3 Å². The van der Waals surface area contributed by atoms with Crippen molar-refractivity contribution >= 4 is 23.2 Å². The van der Waals surface area contributed by atoms with E-state index in [2.05, 4.69) is 15.2 Å². The Morgan fingerprint density at radius 1 is 1.12 bits per heavy atom. The molecule has 0 saturated heterocycles. The summed E-state index contributed by atoms with van der Waals surface area (Å²) in [6, 6.07) is 1.38. The van der Waals surface area contributed by atoms with Crippen molar-refractivity contribution in [2.24, 2.45) is 0 Å². The summed E-state index contributed by atoms with van der Waals surface area (Å²) in [4.78, 5) is 4.02. The van der Waals surface area contributed by atoms with E-state index in [0.29, 0.717) is 11.1 Å². The monoisotopic (exact) mass is 271 g/mol. The van der Waals surface area contributed by atoms with Crippen LogP contribution in [-0.4, -0.2) is 15.2 Å². The van der Waals surface area contributed by atoms with Crippen molar-refractivity contribution < 1.29 is 4.39 Å². The number of aromatic nitrogens is 3. The number of halogens is 3. The number of nitrogens with zero attached hydrogens (tertiary/aromatic N) is 3. The van der Waals surface area contributed by atoms with Gasteiger partial charge >= 0.3 is 0 Å².